The molecule has 5 nitrogen and oxygen atoms in total. The van der Waals surface area contributed by atoms with Crippen LogP contribution in [0.5, 0.6) is 0 Å². The normalized spacial score (nSPS) is 34.5. The molecule has 0 aromatic carbocycles. The Morgan fingerprint density at radius 2 is 1.68 bits per heavy atom. The number of carbonyl (C=O) groups is 1. The summed E-state index contributed by atoms with van der Waals surface area (Å²) in [6.07, 6.45) is 4.85. The molecule has 0 spiro atoms. The first-order valence-electron chi connectivity index (χ1n) is 9.15. The molecule has 0 radical (unpaired) electrons. The van der Waals surface area contributed by atoms with Crippen LogP contribution >= 0.6 is 0 Å². The number of amides is 1. The smallest absolute Gasteiger partial charge is 0.239 e. The molecule has 126 valence electrons. The Labute approximate surface area is 135 Å². The molecule has 3 rings (SSSR count). The molecule has 1 amide bonds. The maximum atomic E-state index is 12.4. The van der Waals surface area contributed by atoms with Crippen LogP contribution in [-0.2, 0) is 4.79 Å². The van der Waals surface area contributed by atoms with Gasteiger partial charge in [-0.25, -0.2) is 0 Å². The molecule has 3 atom stereocenters. The van der Waals surface area contributed by atoms with E-state index in [2.05, 4.69) is 33.9 Å². The van der Waals surface area contributed by atoms with E-state index in [1.165, 1.54) is 19.4 Å². The lowest BCUT2D eigenvalue weighted by atomic mass is 10.2. The Balaban J connectivity index is 1.39. The third-order valence-electron chi connectivity index (χ3n) is 5.85. The van der Waals surface area contributed by atoms with E-state index in [1.807, 2.05) is 0 Å². The van der Waals surface area contributed by atoms with Gasteiger partial charge in [0.25, 0.3) is 0 Å². The van der Waals surface area contributed by atoms with Crippen LogP contribution in [0.4, 0.5) is 0 Å². The van der Waals surface area contributed by atoms with Gasteiger partial charge in [0.2, 0.25) is 5.91 Å². The molecule has 0 bridgehead atoms. The van der Waals surface area contributed by atoms with Crippen LogP contribution in [0.25, 0.3) is 0 Å². The quantitative estimate of drug-likeness (QED) is 0.832. The molecule has 0 saturated carbocycles. The summed E-state index contributed by atoms with van der Waals surface area (Å²) in [5.74, 6) is 0.332. The van der Waals surface area contributed by atoms with Crippen LogP contribution in [0.2, 0.25) is 0 Å². The van der Waals surface area contributed by atoms with E-state index >= 15 is 0 Å². The highest BCUT2D eigenvalue weighted by molar-refractivity contribution is 5.82. The van der Waals surface area contributed by atoms with Crippen molar-refractivity contribution < 1.29 is 4.79 Å². The summed E-state index contributed by atoms with van der Waals surface area (Å²) >= 11 is 0. The van der Waals surface area contributed by atoms with Crippen molar-refractivity contribution in [3.8, 4) is 0 Å². The predicted molar refractivity (Wildman–Crippen MR) is 88.9 cm³/mol. The van der Waals surface area contributed by atoms with Crippen LogP contribution in [0.1, 0.15) is 39.5 Å². The maximum absolute atomic E-state index is 12.4. The van der Waals surface area contributed by atoms with Crippen molar-refractivity contribution in [2.24, 2.45) is 0 Å². The van der Waals surface area contributed by atoms with Gasteiger partial charge in [-0.2, -0.15) is 0 Å². The standard InChI is InChI=1S/C17H32N4O/c1-14-5-6-15(2)21(14)13-10-19-8-11-20(12-9-19)17(22)16-4-3-7-18-16/h14-16,18H,3-13H2,1-2H3. The Hall–Kier alpha value is -0.650. The minimum Gasteiger partial charge on any atom is -0.339 e. The van der Waals surface area contributed by atoms with Crippen molar-refractivity contribution in [2.45, 2.75) is 57.7 Å². The molecule has 3 heterocycles. The first-order valence-corrected chi connectivity index (χ1v) is 9.15. The number of piperazine rings is 1. The maximum Gasteiger partial charge on any atom is 0.239 e. The molecule has 3 aliphatic rings. The Morgan fingerprint density at radius 1 is 1.00 bits per heavy atom. The topological polar surface area (TPSA) is 38.8 Å². The van der Waals surface area contributed by atoms with Gasteiger partial charge in [0.05, 0.1) is 6.04 Å². The Morgan fingerprint density at radius 3 is 2.27 bits per heavy atom. The third kappa shape index (κ3) is 3.63. The van der Waals surface area contributed by atoms with Crippen molar-refractivity contribution in [1.29, 1.82) is 0 Å². The average Bonchev–Trinajstić information content (AvgIpc) is 3.17. The van der Waals surface area contributed by atoms with E-state index in [9.17, 15) is 4.79 Å². The van der Waals surface area contributed by atoms with Gasteiger partial charge in [0.15, 0.2) is 0 Å². The van der Waals surface area contributed by atoms with Gasteiger partial charge in [-0.3, -0.25) is 14.6 Å². The summed E-state index contributed by atoms with van der Waals surface area (Å²) in [5.41, 5.74) is 0. The number of nitrogens with one attached hydrogen (secondary N) is 1. The largest absolute Gasteiger partial charge is 0.339 e. The van der Waals surface area contributed by atoms with E-state index in [-0.39, 0.29) is 6.04 Å². The highest BCUT2D eigenvalue weighted by Crippen LogP contribution is 2.23. The van der Waals surface area contributed by atoms with Gasteiger partial charge in [0.1, 0.15) is 0 Å². The molecule has 3 fully saturated rings. The second-order valence-electron chi connectivity index (χ2n) is 7.33. The number of carbonyl (C=O) groups excluding carboxylic acids is 1. The number of likely N-dealkylation sites (tertiary alicyclic amines) is 1. The first kappa shape index (κ1) is 16.2. The van der Waals surface area contributed by atoms with Crippen LogP contribution in [0, 0.1) is 0 Å². The highest BCUT2D eigenvalue weighted by Gasteiger charge is 2.30. The van der Waals surface area contributed by atoms with Crippen LogP contribution in [0.3, 0.4) is 0 Å². The second-order valence-corrected chi connectivity index (χ2v) is 7.33. The van der Waals surface area contributed by atoms with Crippen molar-refractivity contribution in [2.75, 3.05) is 45.8 Å². The fourth-order valence-electron chi connectivity index (χ4n) is 4.25. The van der Waals surface area contributed by atoms with E-state index in [0.29, 0.717) is 5.91 Å². The van der Waals surface area contributed by atoms with Gasteiger partial charge < -0.3 is 10.2 Å². The van der Waals surface area contributed by atoms with E-state index < -0.39 is 0 Å². The summed E-state index contributed by atoms with van der Waals surface area (Å²) in [6, 6.07) is 1.58. The summed E-state index contributed by atoms with van der Waals surface area (Å²) in [4.78, 5) is 19.7. The van der Waals surface area contributed by atoms with Gasteiger partial charge in [-0.05, 0) is 46.1 Å². The lowest BCUT2D eigenvalue weighted by molar-refractivity contribution is -0.134. The highest BCUT2D eigenvalue weighted by atomic mass is 16.2. The Bertz CT molecular complexity index is 365. The monoisotopic (exact) mass is 308 g/mol. The molecular formula is C17H32N4O. The van der Waals surface area contributed by atoms with Crippen LogP contribution in [0.15, 0.2) is 0 Å². The summed E-state index contributed by atoms with van der Waals surface area (Å²) < 4.78 is 0. The predicted octanol–water partition coefficient (Wildman–Crippen LogP) is 0.755. The summed E-state index contributed by atoms with van der Waals surface area (Å²) in [7, 11) is 0. The fourth-order valence-corrected chi connectivity index (χ4v) is 4.25. The van der Waals surface area contributed by atoms with E-state index in [0.717, 1.165) is 64.2 Å². The van der Waals surface area contributed by atoms with Crippen molar-refractivity contribution >= 4 is 5.91 Å². The molecule has 3 unspecified atom stereocenters. The molecule has 5 heteroatoms. The lowest BCUT2D eigenvalue weighted by Crippen LogP contribution is -2.54. The molecule has 0 aromatic rings. The average molecular weight is 308 g/mol. The van der Waals surface area contributed by atoms with Gasteiger partial charge >= 0.3 is 0 Å². The number of rotatable bonds is 4. The third-order valence-corrected chi connectivity index (χ3v) is 5.85. The lowest BCUT2D eigenvalue weighted by Gasteiger charge is -2.37. The van der Waals surface area contributed by atoms with Crippen LogP contribution in [-0.4, -0.2) is 84.5 Å². The van der Waals surface area contributed by atoms with Gasteiger partial charge in [-0.15, -0.1) is 0 Å². The minimum atomic E-state index is 0.0952. The molecule has 3 saturated heterocycles. The molecule has 0 aromatic heterocycles. The van der Waals surface area contributed by atoms with Crippen molar-refractivity contribution in [3.63, 3.8) is 0 Å². The molecule has 22 heavy (non-hydrogen) atoms. The SMILES string of the molecule is CC1CCC(C)N1CCN1CCN(C(=O)C2CCCN2)CC1. The summed E-state index contributed by atoms with van der Waals surface area (Å²) in [5, 5.41) is 3.33. The van der Waals surface area contributed by atoms with Crippen LogP contribution < -0.4 is 5.32 Å². The molecule has 1 N–H and O–H groups in total. The second kappa shape index (κ2) is 7.28. The zero-order valence-corrected chi connectivity index (χ0v) is 14.3. The fraction of sp³-hybridized carbons (Fsp3) is 0.941. The molecule has 0 aliphatic carbocycles. The van der Waals surface area contributed by atoms with E-state index in [1.54, 1.807) is 0 Å². The molecular weight excluding hydrogens is 276 g/mol. The number of hydrogen-bond acceptors (Lipinski definition) is 4. The van der Waals surface area contributed by atoms with E-state index in [4.69, 9.17) is 0 Å². The van der Waals surface area contributed by atoms with Gasteiger partial charge in [0, 0.05) is 51.4 Å². The number of nitrogens with zero attached hydrogens (tertiary/aromatic N) is 3. The Kier molecular flexibility index (Phi) is 5.37. The zero-order chi connectivity index (χ0) is 15.5. The molecule has 3 aliphatic heterocycles. The van der Waals surface area contributed by atoms with Gasteiger partial charge in [-0.1, -0.05) is 0 Å². The summed E-state index contributed by atoms with van der Waals surface area (Å²) in [6.45, 7) is 11.9. The first-order chi connectivity index (χ1) is 10.6. The minimum absolute atomic E-state index is 0.0952. The van der Waals surface area contributed by atoms with Crippen molar-refractivity contribution in [1.82, 2.24) is 20.0 Å². The van der Waals surface area contributed by atoms with Crippen molar-refractivity contribution in [3.05, 3.63) is 0 Å². The zero-order valence-electron chi connectivity index (χ0n) is 14.3. The number of hydrogen-bond donors (Lipinski definition) is 1.